The lowest BCUT2D eigenvalue weighted by Crippen LogP contribution is -2.30. The number of carbonyl (C=O) groups is 4. The first kappa shape index (κ1) is 38.1. The number of hydrogen-bond acceptors (Lipinski definition) is 12. The predicted molar refractivity (Wildman–Crippen MR) is 208 cm³/mol. The van der Waals surface area contributed by atoms with Crippen LogP contribution in [0.2, 0.25) is 0 Å². The van der Waals surface area contributed by atoms with E-state index < -0.39 is 23.8 Å². The van der Waals surface area contributed by atoms with Gasteiger partial charge in [0.1, 0.15) is 36.5 Å². The number of nitriles is 2. The minimum Gasteiger partial charge on any atom is -0.460 e. The fourth-order valence-corrected chi connectivity index (χ4v) is 9.97. The largest absolute Gasteiger partial charge is 0.460 e. The maximum Gasteiger partial charge on any atom is 0.333 e. The molecule has 2 aliphatic rings. The first-order valence-corrected chi connectivity index (χ1v) is 19.9. The molecule has 6 rings (SSSR count). The molecular formula is C40H30N4O6S4. The van der Waals surface area contributed by atoms with E-state index in [-0.39, 0.29) is 61.4 Å². The highest BCUT2D eigenvalue weighted by molar-refractivity contribution is 8.00. The van der Waals surface area contributed by atoms with E-state index in [1.54, 1.807) is 23.5 Å². The van der Waals surface area contributed by atoms with Gasteiger partial charge < -0.3 is 20.1 Å². The second-order valence-corrected chi connectivity index (χ2v) is 15.6. The van der Waals surface area contributed by atoms with Crippen LogP contribution in [-0.4, -0.2) is 50.1 Å². The second-order valence-electron chi connectivity index (χ2n) is 11.6. The number of nitrogens with zero attached hydrogens (tertiary/aromatic N) is 2. The van der Waals surface area contributed by atoms with E-state index in [9.17, 15) is 29.7 Å². The Morgan fingerprint density at radius 2 is 1.02 bits per heavy atom. The Balaban J connectivity index is 0.923. The van der Waals surface area contributed by atoms with E-state index in [2.05, 4.69) is 35.9 Å². The molecule has 54 heavy (non-hydrogen) atoms. The van der Waals surface area contributed by atoms with Crippen LogP contribution < -0.4 is 10.6 Å². The summed E-state index contributed by atoms with van der Waals surface area (Å²) < 4.78 is 10.5. The molecule has 2 aromatic heterocycles. The first-order valence-electron chi connectivity index (χ1n) is 16.5. The van der Waals surface area contributed by atoms with Crippen molar-refractivity contribution in [1.29, 1.82) is 10.5 Å². The molecule has 0 unspecified atom stereocenters. The first-order chi connectivity index (χ1) is 26.2. The van der Waals surface area contributed by atoms with E-state index in [4.69, 9.17) is 9.47 Å². The summed E-state index contributed by atoms with van der Waals surface area (Å²) in [6.45, 7) is 7.09. The van der Waals surface area contributed by atoms with Crippen LogP contribution >= 0.6 is 46.2 Å². The van der Waals surface area contributed by atoms with E-state index in [1.807, 2.05) is 71.4 Å². The smallest absolute Gasteiger partial charge is 0.333 e. The maximum absolute atomic E-state index is 13.1. The molecule has 0 radical (unpaired) electrons. The van der Waals surface area contributed by atoms with Gasteiger partial charge in [-0.15, -0.1) is 22.7 Å². The third-order valence-corrected chi connectivity index (χ3v) is 12.6. The third-order valence-electron chi connectivity index (χ3n) is 8.19. The van der Waals surface area contributed by atoms with E-state index in [1.165, 1.54) is 22.7 Å². The second kappa shape index (κ2) is 17.5. The van der Waals surface area contributed by atoms with Crippen LogP contribution in [0.25, 0.3) is 11.1 Å². The van der Waals surface area contributed by atoms with Gasteiger partial charge in [-0.05, 0) is 59.0 Å². The number of hydrogen-bond donors (Lipinski definition) is 2. The molecule has 14 heteroatoms. The lowest BCUT2D eigenvalue weighted by atomic mass is 9.97. The zero-order chi connectivity index (χ0) is 38.2. The molecule has 0 spiro atoms. The summed E-state index contributed by atoms with van der Waals surface area (Å²) in [5.41, 5.74) is 2.91. The monoisotopic (exact) mass is 790 g/mol. The van der Waals surface area contributed by atoms with Crippen molar-refractivity contribution in [3.8, 4) is 12.1 Å². The zero-order valence-electron chi connectivity index (χ0n) is 28.6. The van der Waals surface area contributed by atoms with Crippen molar-refractivity contribution < 1.29 is 28.7 Å². The van der Waals surface area contributed by atoms with E-state index in [0.717, 1.165) is 40.5 Å². The van der Waals surface area contributed by atoms with E-state index in [0.29, 0.717) is 11.1 Å². The lowest BCUT2D eigenvalue weighted by Gasteiger charge is -2.20. The van der Waals surface area contributed by atoms with Crippen molar-refractivity contribution >= 4 is 81.1 Å². The molecule has 0 saturated carbocycles. The highest BCUT2D eigenvalue weighted by Crippen LogP contribution is 2.50. The summed E-state index contributed by atoms with van der Waals surface area (Å²) in [7, 11) is 0. The maximum atomic E-state index is 13.1. The van der Waals surface area contributed by atoms with Crippen molar-refractivity contribution in [3.05, 3.63) is 128 Å². The molecule has 0 bridgehead atoms. The molecule has 2 N–H and O–H groups in total. The minimum absolute atomic E-state index is 0.0266. The summed E-state index contributed by atoms with van der Waals surface area (Å²) in [4.78, 5) is 56.8. The summed E-state index contributed by atoms with van der Waals surface area (Å²) >= 11 is 6.10. The van der Waals surface area contributed by atoms with Gasteiger partial charge in [-0.2, -0.15) is 10.5 Å². The number of carbonyl (C=O) groups excluding carboxylic acids is 4. The number of thiophene rings is 2. The van der Waals surface area contributed by atoms with Gasteiger partial charge in [-0.3, -0.25) is 9.59 Å². The Morgan fingerprint density at radius 1 is 0.611 bits per heavy atom. The van der Waals surface area contributed by atoms with Crippen molar-refractivity contribution in [3.63, 3.8) is 0 Å². The van der Waals surface area contributed by atoms with Crippen LogP contribution in [0.1, 0.15) is 33.7 Å². The molecule has 0 atom stereocenters. The quantitative estimate of drug-likeness (QED) is 0.0526. The van der Waals surface area contributed by atoms with Gasteiger partial charge in [0.05, 0.1) is 22.8 Å². The topological polar surface area (TPSA) is 158 Å². The Labute approximate surface area is 327 Å². The normalized spacial score (nSPS) is 14.0. The Bertz CT molecular complexity index is 2190. The number of fused-ring (bicyclic) bond motifs is 4. The van der Waals surface area contributed by atoms with E-state index >= 15 is 0 Å². The van der Waals surface area contributed by atoms with Crippen molar-refractivity contribution in [2.45, 2.75) is 32.4 Å². The Kier molecular flexibility index (Phi) is 12.3. The summed E-state index contributed by atoms with van der Waals surface area (Å²) in [6, 6.07) is 23.2. The van der Waals surface area contributed by atoms with Gasteiger partial charge in [0.2, 0.25) is 0 Å². The van der Waals surface area contributed by atoms with Crippen LogP contribution in [0.15, 0.2) is 126 Å². The number of benzene rings is 2. The van der Waals surface area contributed by atoms with Gasteiger partial charge in [0.25, 0.3) is 11.8 Å². The van der Waals surface area contributed by atoms with Gasteiger partial charge in [0, 0.05) is 41.9 Å². The highest BCUT2D eigenvalue weighted by Gasteiger charge is 2.29. The highest BCUT2D eigenvalue weighted by atomic mass is 32.2. The van der Waals surface area contributed by atoms with Crippen molar-refractivity contribution in [1.82, 2.24) is 10.6 Å². The molecule has 10 nitrogen and oxygen atoms in total. The molecule has 2 aliphatic heterocycles. The van der Waals surface area contributed by atoms with Crippen LogP contribution in [0.3, 0.4) is 0 Å². The molecule has 0 fully saturated rings. The SMILES string of the molecule is C=C(CCC(=C)C(=O)OCCNC(=O)/C(C#N)=C1\c2ccccc2Sc2ccsc21)C(=O)OCCNC(=O)/C(C#N)=C1/c2ccccc2Sc2ccsc21. The van der Waals surface area contributed by atoms with Crippen LogP contribution in [0.4, 0.5) is 0 Å². The fraction of sp³-hybridized carbons (Fsp3) is 0.150. The summed E-state index contributed by atoms with van der Waals surface area (Å²) in [5.74, 6) is -2.56. The average Bonchev–Trinajstić information content (AvgIpc) is 3.86. The molecular weight excluding hydrogens is 761 g/mol. The predicted octanol–water partition coefficient (Wildman–Crippen LogP) is 7.30. The summed E-state index contributed by atoms with van der Waals surface area (Å²) in [6.07, 6.45) is 0.148. The minimum atomic E-state index is -0.704. The van der Waals surface area contributed by atoms with Gasteiger partial charge >= 0.3 is 11.9 Å². The fourth-order valence-electron chi connectivity index (χ4n) is 5.57. The molecule has 2 amide bonds. The van der Waals surface area contributed by atoms with Crippen molar-refractivity contribution in [2.75, 3.05) is 26.3 Å². The number of ether oxygens (including phenoxy) is 2. The molecule has 4 heterocycles. The molecule has 0 aliphatic carbocycles. The average molecular weight is 791 g/mol. The van der Waals surface area contributed by atoms with Gasteiger partial charge in [-0.25, -0.2) is 9.59 Å². The van der Waals surface area contributed by atoms with Gasteiger partial charge in [-0.1, -0.05) is 73.1 Å². The summed E-state index contributed by atoms with van der Waals surface area (Å²) in [5, 5.41) is 29.1. The Hall–Kier alpha value is -5.64. The number of amides is 2. The third kappa shape index (κ3) is 8.28. The van der Waals surface area contributed by atoms with Crippen LogP contribution in [0.5, 0.6) is 0 Å². The number of esters is 2. The van der Waals surface area contributed by atoms with Crippen molar-refractivity contribution in [2.24, 2.45) is 0 Å². The lowest BCUT2D eigenvalue weighted by molar-refractivity contribution is -0.140. The van der Waals surface area contributed by atoms with Gasteiger partial charge in [0.15, 0.2) is 0 Å². The Morgan fingerprint density at radius 3 is 1.43 bits per heavy atom. The van der Waals surface area contributed by atoms with Crippen LogP contribution in [0, 0.1) is 22.7 Å². The van der Waals surface area contributed by atoms with Crippen LogP contribution in [-0.2, 0) is 28.7 Å². The molecule has 0 saturated heterocycles. The molecule has 4 aromatic rings. The zero-order valence-corrected chi connectivity index (χ0v) is 31.8. The standard InChI is InChI=1S/C40H30N4O6S4/c1-23(39(47)49-17-15-43-37(45)27(21-41)33-25-7-3-5-9-29(25)53-31-13-19-51-35(31)33)11-12-24(2)40(48)50-18-16-44-38(46)28(22-42)34-26-8-4-6-10-30(26)54-32-14-20-52-36(32)34/h3-10,13-14,19-20H,1-2,11-12,15-18H2,(H,43,45)(H,44,46)/b33-27-,34-28+. The molecule has 2 aromatic carbocycles. The number of nitrogens with one attached hydrogen (secondary N) is 2. The number of rotatable bonds is 13. The molecule has 270 valence electrons.